The lowest BCUT2D eigenvalue weighted by Gasteiger charge is -2.27. The van der Waals surface area contributed by atoms with Crippen LogP contribution in [0.25, 0.3) is 11.1 Å². The van der Waals surface area contributed by atoms with E-state index in [1.54, 1.807) is 45.8 Å². The molecule has 2 aromatic heterocycles. The number of piperidine rings is 1. The summed E-state index contributed by atoms with van der Waals surface area (Å²) < 4.78 is 0. The molecule has 3 heterocycles. The van der Waals surface area contributed by atoms with Gasteiger partial charge in [0.25, 0.3) is 0 Å². The lowest BCUT2D eigenvalue weighted by atomic mass is 10.1. The monoisotopic (exact) mass is 439 g/mol. The van der Waals surface area contributed by atoms with Gasteiger partial charge in [-0.1, -0.05) is 6.07 Å². The van der Waals surface area contributed by atoms with Gasteiger partial charge >= 0.3 is 11.8 Å². The Kier molecular flexibility index (Phi) is 6.25. The molecule has 1 aliphatic rings. The summed E-state index contributed by atoms with van der Waals surface area (Å²) in [6.45, 7) is 0.967. The van der Waals surface area contributed by atoms with E-state index in [0.29, 0.717) is 25.2 Å². The van der Waals surface area contributed by atoms with Crippen LogP contribution in [0.3, 0.4) is 0 Å². The van der Waals surface area contributed by atoms with Crippen LogP contribution in [0.2, 0.25) is 0 Å². The van der Waals surface area contributed by atoms with Crippen molar-refractivity contribution in [2.75, 3.05) is 16.8 Å². The lowest BCUT2D eigenvalue weighted by molar-refractivity contribution is -0.136. The molecule has 2 N–H and O–H groups in total. The Labute approximate surface area is 182 Å². The highest BCUT2D eigenvalue weighted by atomic mass is 32.1. The van der Waals surface area contributed by atoms with Crippen LogP contribution in [0, 0.1) is 0 Å². The molecule has 0 bridgehead atoms. The second-order valence-electron chi connectivity index (χ2n) is 7.00. The Hall–Kier alpha value is -2.97. The van der Waals surface area contributed by atoms with Crippen molar-refractivity contribution in [3.8, 4) is 11.1 Å². The quantitative estimate of drug-likeness (QED) is 0.584. The molecule has 1 aliphatic heterocycles. The molecule has 3 amide bonds. The van der Waals surface area contributed by atoms with Gasteiger partial charge in [0.05, 0.1) is 6.54 Å². The Morgan fingerprint density at radius 2 is 1.93 bits per heavy atom. The van der Waals surface area contributed by atoms with Gasteiger partial charge in [-0.3, -0.25) is 14.4 Å². The molecule has 30 heavy (non-hydrogen) atoms. The Bertz CT molecular complexity index is 1060. The maximum absolute atomic E-state index is 12.3. The fourth-order valence-corrected chi connectivity index (χ4v) is 4.82. The highest BCUT2D eigenvalue weighted by Crippen LogP contribution is 2.27. The summed E-state index contributed by atoms with van der Waals surface area (Å²) in [5, 5.41) is 11.4. The molecule has 1 aromatic carbocycles. The van der Waals surface area contributed by atoms with Crippen molar-refractivity contribution in [3.05, 3.63) is 57.4 Å². The van der Waals surface area contributed by atoms with E-state index in [1.807, 2.05) is 29.0 Å². The molecule has 6 nitrogen and oxygen atoms in total. The van der Waals surface area contributed by atoms with Gasteiger partial charge in [-0.05, 0) is 70.4 Å². The van der Waals surface area contributed by atoms with Crippen LogP contribution >= 0.6 is 22.7 Å². The minimum absolute atomic E-state index is 0.0836. The second-order valence-corrected chi connectivity index (χ2v) is 8.78. The zero-order chi connectivity index (χ0) is 20.9. The number of carbonyl (C=O) groups excluding carboxylic acids is 3. The van der Waals surface area contributed by atoms with E-state index in [0.717, 1.165) is 34.5 Å². The molecular formula is C22H21N3O3S2. The average Bonchev–Trinajstić information content (AvgIpc) is 3.44. The summed E-state index contributed by atoms with van der Waals surface area (Å²) in [5.74, 6) is -1.34. The topological polar surface area (TPSA) is 78.5 Å². The van der Waals surface area contributed by atoms with E-state index >= 15 is 0 Å². The van der Waals surface area contributed by atoms with Crippen molar-refractivity contribution in [3.63, 3.8) is 0 Å². The predicted molar refractivity (Wildman–Crippen MR) is 121 cm³/mol. The van der Waals surface area contributed by atoms with Crippen molar-refractivity contribution in [2.45, 2.75) is 25.8 Å². The van der Waals surface area contributed by atoms with E-state index in [-0.39, 0.29) is 5.91 Å². The first-order valence-electron chi connectivity index (χ1n) is 9.70. The number of carbonyl (C=O) groups is 3. The molecule has 8 heteroatoms. The third-order valence-corrected chi connectivity index (χ3v) is 6.50. The number of rotatable bonds is 5. The van der Waals surface area contributed by atoms with Crippen LogP contribution in [0.5, 0.6) is 0 Å². The standard InChI is InChI=1S/C22H21N3O3S2/c26-20-6-1-2-8-25(20)18-5-3-4-17(11-18)24-22(28)21(27)23-12-19-10-16(14-30-19)15-7-9-29-13-15/h3-5,7,9-11,13-14H,1-2,6,8,12H2,(H,23,27)(H,24,28). The molecule has 0 saturated carbocycles. The van der Waals surface area contributed by atoms with Crippen LogP contribution in [-0.4, -0.2) is 24.3 Å². The van der Waals surface area contributed by atoms with Gasteiger partial charge in [-0.2, -0.15) is 11.3 Å². The largest absolute Gasteiger partial charge is 0.343 e. The summed E-state index contributed by atoms with van der Waals surface area (Å²) in [5.41, 5.74) is 3.48. The fourth-order valence-electron chi connectivity index (χ4n) is 3.32. The summed E-state index contributed by atoms with van der Waals surface area (Å²) in [6, 6.07) is 11.1. The van der Waals surface area contributed by atoms with Gasteiger partial charge in [0.2, 0.25) is 5.91 Å². The highest BCUT2D eigenvalue weighted by molar-refractivity contribution is 7.10. The van der Waals surface area contributed by atoms with Gasteiger partial charge in [-0.25, -0.2) is 0 Å². The number of thiophene rings is 2. The van der Waals surface area contributed by atoms with Crippen LogP contribution in [0.4, 0.5) is 11.4 Å². The number of anilines is 2. The van der Waals surface area contributed by atoms with Gasteiger partial charge in [-0.15, -0.1) is 11.3 Å². The fraction of sp³-hybridized carbons (Fsp3) is 0.227. The maximum Gasteiger partial charge on any atom is 0.313 e. The first-order chi connectivity index (χ1) is 14.6. The number of hydrogen-bond donors (Lipinski definition) is 2. The Morgan fingerprint density at radius 1 is 1.03 bits per heavy atom. The van der Waals surface area contributed by atoms with Crippen molar-refractivity contribution in [1.29, 1.82) is 0 Å². The number of nitrogens with one attached hydrogen (secondary N) is 2. The molecule has 0 spiro atoms. The maximum atomic E-state index is 12.3. The number of benzene rings is 1. The summed E-state index contributed by atoms with van der Waals surface area (Å²) in [4.78, 5) is 39.3. The van der Waals surface area contributed by atoms with Crippen molar-refractivity contribution >= 4 is 51.8 Å². The Morgan fingerprint density at radius 3 is 2.73 bits per heavy atom. The molecule has 1 fully saturated rings. The Balaban J connectivity index is 1.33. The summed E-state index contributed by atoms with van der Waals surface area (Å²) in [6.07, 6.45) is 2.41. The minimum Gasteiger partial charge on any atom is -0.343 e. The van der Waals surface area contributed by atoms with Gasteiger partial charge in [0, 0.05) is 29.2 Å². The highest BCUT2D eigenvalue weighted by Gasteiger charge is 2.20. The third kappa shape index (κ3) is 4.77. The lowest BCUT2D eigenvalue weighted by Crippen LogP contribution is -2.36. The average molecular weight is 440 g/mol. The van der Waals surface area contributed by atoms with Crippen LogP contribution in [0.1, 0.15) is 24.1 Å². The predicted octanol–water partition coefficient (Wildman–Crippen LogP) is 4.25. The molecule has 0 radical (unpaired) electrons. The summed E-state index contributed by atoms with van der Waals surface area (Å²) in [7, 11) is 0. The zero-order valence-corrected chi connectivity index (χ0v) is 17.9. The molecular weight excluding hydrogens is 418 g/mol. The first-order valence-corrected chi connectivity index (χ1v) is 11.5. The third-order valence-electron chi connectivity index (χ3n) is 4.88. The van der Waals surface area contributed by atoms with Crippen molar-refractivity contribution in [1.82, 2.24) is 5.32 Å². The molecule has 0 unspecified atom stereocenters. The van der Waals surface area contributed by atoms with Gasteiger partial charge in [0.1, 0.15) is 0 Å². The van der Waals surface area contributed by atoms with Crippen LogP contribution < -0.4 is 15.5 Å². The number of amides is 3. The number of hydrogen-bond acceptors (Lipinski definition) is 5. The van der Waals surface area contributed by atoms with E-state index in [4.69, 9.17) is 0 Å². The SMILES string of the molecule is O=C(NCc1cc(-c2ccsc2)cs1)C(=O)Nc1cccc(N2CCCCC2=O)c1. The number of nitrogens with zero attached hydrogens (tertiary/aromatic N) is 1. The normalized spacial score (nSPS) is 13.9. The van der Waals surface area contributed by atoms with E-state index in [2.05, 4.69) is 16.0 Å². The molecule has 3 aromatic rings. The molecule has 4 rings (SSSR count). The zero-order valence-electron chi connectivity index (χ0n) is 16.2. The van der Waals surface area contributed by atoms with E-state index in [9.17, 15) is 14.4 Å². The van der Waals surface area contributed by atoms with Crippen molar-refractivity contribution in [2.24, 2.45) is 0 Å². The molecule has 0 aliphatic carbocycles. The van der Waals surface area contributed by atoms with Gasteiger partial charge in [0.15, 0.2) is 0 Å². The summed E-state index contributed by atoms with van der Waals surface area (Å²) >= 11 is 3.18. The minimum atomic E-state index is -0.730. The molecule has 1 saturated heterocycles. The van der Waals surface area contributed by atoms with E-state index in [1.165, 1.54) is 0 Å². The second kappa shape index (κ2) is 9.23. The van der Waals surface area contributed by atoms with Gasteiger partial charge < -0.3 is 15.5 Å². The van der Waals surface area contributed by atoms with Crippen molar-refractivity contribution < 1.29 is 14.4 Å². The van der Waals surface area contributed by atoms with E-state index < -0.39 is 11.8 Å². The molecule has 154 valence electrons. The molecule has 0 atom stereocenters. The smallest absolute Gasteiger partial charge is 0.313 e. The van der Waals surface area contributed by atoms with Crippen LogP contribution in [0.15, 0.2) is 52.5 Å². The van der Waals surface area contributed by atoms with Crippen LogP contribution in [-0.2, 0) is 20.9 Å². The first kappa shape index (κ1) is 20.3.